The second-order valence-electron chi connectivity index (χ2n) is 13.1. The van der Waals surface area contributed by atoms with Gasteiger partial charge in [0, 0.05) is 29.6 Å². The van der Waals surface area contributed by atoms with E-state index in [9.17, 15) is 39.9 Å². The van der Waals surface area contributed by atoms with E-state index in [0.717, 1.165) is 0 Å². The van der Waals surface area contributed by atoms with Crippen molar-refractivity contribution in [1.29, 1.82) is 0 Å². The topological polar surface area (TPSA) is 162 Å². The van der Waals surface area contributed by atoms with E-state index < -0.39 is 69.8 Å². The average molecular weight is 521 g/mol. The molecule has 1 heterocycles. The molecule has 5 aliphatic rings. The van der Waals surface area contributed by atoms with Crippen LogP contribution >= 0.6 is 0 Å². The van der Waals surface area contributed by atoms with Crippen LogP contribution in [0.15, 0.2) is 11.6 Å². The predicted molar refractivity (Wildman–Crippen MR) is 130 cm³/mol. The van der Waals surface area contributed by atoms with E-state index in [0.29, 0.717) is 5.57 Å². The molecule has 0 radical (unpaired) electrons. The summed E-state index contributed by atoms with van der Waals surface area (Å²) in [6, 6.07) is 0. The van der Waals surface area contributed by atoms with E-state index in [1.165, 1.54) is 13.0 Å². The molecule has 206 valence electrons. The lowest BCUT2D eigenvalue weighted by atomic mass is 9.45. The van der Waals surface area contributed by atoms with Gasteiger partial charge in [0.25, 0.3) is 0 Å². The lowest BCUT2D eigenvalue weighted by Crippen LogP contribution is -2.67. The lowest BCUT2D eigenvalue weighted by molar-refractivity contribution is -0.197. The van der Waals surface area contributed by atoms with Gasteiger partial charge in [0.15, 0.2) is 11.6 Å². The molecular formula is C28H40O9. The van der Waals surface area contributed by atoms with Gasteiger partial charge in [-0.25, -0.2) is 0 Å². The van der Waals surface area contributed by atoms with Gasteiger partial charge in [-0.15, -0.1) is 0 Å². The fraction of sp³-hybridized carbons (Fsp3) is 0.821. The van der Waals surface area contributed by atoms with E-state index in [1.54, 1.807) is 13.8 Å². The Labute approximate surface area is 216 Å². The van der Waals surface area contributed by atoms with Crippen molar-refractivity contribution in [2.75, 3.05) is 6.61 Å². The Bertz CT molecular complexity index is 1050. The van der Waals surface area contributed by atoms with Gasteiger partial charge in [-0.3, -0.25) is 14.4 Å². The van der Waals surface area contributed by atoms with E-state index >= 15 is 0 Å². The molecule has 12 atom stereocenters. The smallest absolute Gasteiger partial charge is 0.309 e. The quantitative estimate of drug-likeness (QED) is 0.336. The number of Topliss-reactive ketones (excluding diaryl/α,β-unsaturated/α-hetero) is 1. The summed E-state index contributed by atoms with van der Waals surface area (Å²) in [7, 11) is 0. The number of ether oxygens (including phenoxy) is 1. The molecule has 0 amide bonds. The van der Waals surface area contributed by atoms with Gasteiger partial charge >= 0.3 is 5.97 Å². The number of ketones is 2. The van der Waals surface area contributed by atoms with Crippen molar-refractivity contribution in [2.24, 2.45) is 40.4 Å². The number of aliphatic hydroxyl groups is 5. The number of aliphatic hydroxyl groups excluding tert-OH is 3. The van der Waals surface area contributed by atoms with Crippen LogP contribution < -0.4 is 0 Å². The zero-order valence-corrected chi connectivity index (χ0v) is 22.0. The number of carbonyl (C=O) groups is 3. The zero-order valence-electron chi connectivity index (χ0n) is 22.0. The van der Waals surface area contributed by atoms with E-state index in [4.69, 9.17) is 4.74 Å². The van der Waals surface area contributed by atoms with Gasteiger partial charge in [0.05, 0.1) is 36.4 Å². The molecule has 3 saturated carbocycles. The van der Waals surface area contributed by atoms with Crippen LogP contribution in [0.3, 0.4) is 0 Å². The molecule has 0 aromatic carbocycles. The summed E-state index contributed by atoms with van der Waals surface area (Å²) >= 11 is 0. The van der Waals surface area contributed by atoms with Crippen molar-refractivity contribution in [2.45, 2.75) is 95.7 Å². The first-order valence-corrected chi connectivity index (χ1v) is 13.5. The number of allylic oxidation sites excluding steroid dienone is 1. The summed E-state index contributed by atoms with van der Waals surface area (Å²) in [4.78, 5) is 38.5. The average Bonchev–Trinajstić information content (AvgIpc) is 3.29. The van der Waals surface area contributed by atoms with Crippen molar-refractivity contribution < 1.29 is 44.7 Å². The van der Waals surface area contributed by atoms with Gasteiger partial charge in [0.2, 0.25) is 0 Å². The normalized spacial score (nSPS) is 50.9. The van der Waals surface area contributed by atoms with Crippen molar-refractivity contribution >= 4 is 17.5 Å². The molecule has 0 unspecified atom stereocenters. The van der Waals surface area contributed by atoms with Crippen LogP contribution in [0, 0.1) is 40.4 Å². The molecule has 0 spiro atoms. The van der Waals surface area contributed by atoms with Crippen molar-refractivity contribution in [3.05, 3.63) is 11.6 Å². The van der Waals surface area contributed by atoms with Crippen LogP contribution in [-0.2, 0) is 19.1 Å². The van der Waals surface area contributed by atoms with Crippen LogP contribution in [0.5, 0.6) is 0 Å². The number of esters is 1. The molecule has 37 heavy (non-hydrogen) atoms. The largest absolute Gasteiger partial charge is 0.465 e. The first kappa shape index (κ1) is 26.9. The Morgan fingerprint density at radius 1 is 1.14 bits per heavy atom. The molecule has 9 nitrogen and oxygen atoms in total. The number of fused-ring (bicyclic) bond motifs is 5. The Balaban J connectivity index is 1.49. The number of rotatable bonds is 4. The molecule has 4 fully saturated rings. The molecule has 1 saturated heterocycles. The highest BCUT2D eigenvalue weighted by atomic mass is 16.5. The summed E-state index contributed by atoms with van der Waals surface area (Å²) in [5.74, 6) is -3.54. The number of hydrogen-bond acceptors (Lipinski definition) is 9. The maximum Gasteiger partial charge on any atom is 0.309 e. The Morgan fingerprint density at radius 3 is 2.43 bits per heavy atom. The third-order valence-electron chi connectivity index (χ3n) is 11.4. The standard InChI is InChI=1S/C28H40O9/c1-13-14(12-37-24(13)34)7-23(33)27(4,35)21-5-6-28(36)16-8-18(29)17-9-19(30)20(31)11-25(17,2)15(16)10-22(32)26(21,28)3/h8,13-15,17,19-22,30-32,35-36H,5-7,9-12H2,1-4H3/t13-,14+,15-,17-,19+,20-,21-,22+,25+,26-,27+,28+/m0/s1. The van der Waals surface area contributed by atoms with Gasteiger partial charge in [0.1, 0.15) is 5.60 Å². The molecule has 0 aromatic heterocycles. The summed E-state index contributed by atoms with van der Waals surface area (Å²) in [6.07, 6.45) is -0.746. The predicted octanol–water partition coefficient (Wildman–Crippen LogP) is 0.681. The van der Waals surface area contributed by atoms with Crippen molar-refractivity contribution in [3.63, 3.8) is 0 Å². The summed E-state index contributed by atoms with van der Waals surface area (Å²) in [6.45, 7) is 6.82. The second-order valence-corrected chi connectivity index (χ2v) is 13.1. The molecule has 5 rings (SSSR count). The highest BCUT2D eigenvalue weighted by molar-refractivity contribution is 5.95. The first-order valence-electron chi connectivity index (χ1n) is 13.5. The lowest BCUT2D eigenvalue weighted by Gasteiger charge is -2.62. The summed E-state index contributed by atoms with van der Waals surface area (Å²) in [5.41, 5.74) is -5.07. The summed E-state index contributed by atoms with van der Waals surface area (Å²) < 4.78 is 5.07. The van der Waals surface area contributed by atoms with E-state index in [1.807, 2.05) is 6.92 Å². The Hall–Kier alpha value is -1.65. The highest BCUT2D eigenvalue weighted by Crippen LogP contribution is 2.68. The fourth-order valence-corrected chi connectivity index (χ4v) is 8.78. The molecule has 9 heteroatoms. The minimum Gasteiger partial charge on any atom is -0.465 e. The molecule has 0 aromatic rings. The monoisotopic (exact) mass is 520 g/mol. The number of cyclic esters (lactones) is 1. The molecule has 0 bridgehead atoms. The fourth-order valence-electron chi connectivity index (χ4n) is 8.78. The highest BCUT2D eigenvalue weighted by Gasteiger charge is 2.72. The minimum atomic E-state index is -1.88. The molecule has 4 aliphatic carbocycles. The van der Waals surface area contributed by atoms with Crippen LogP contribution in [0.2, 0.25) is 0 Å². The second kappa shape index (κ2) is 8.42. The van der Waals surface area contributed by atoms with Crippen LogP contribution in [-0.4, -0.2) is 79.2 Å². The Morgan fingerprint density at radius 2 is 1.81 bits per heavy atom. The third kappa shape index (κ3) is 3.50. The van der Waals surface area contributed by atoms with Crippen LogP contribution in [0.25, 0.3) is 0 Å². The SMILES string of the molecule is C[C@@H]1C(=O)OC[C@H]1CC(=O)[C@](C)(O)[C@H]1CC[C@@]2(O)C3=CC(=O)[C@@H]4C[C@@H](O)[C@@H](O)C[C@]4(C)[C@H]3C[C@@H](O)[C@]12C. The number of hydrogen-bond donors (Lipinski definition) is 5. The van der Waals surface area contributed by atoms with Crippen molar-refractivity contribution in [1.82, 2.24) is 0 Å². The van der Waals surface area contributed by atoms with Gasteiger partial charge in [-0.05, 0) is 62.0 Å². The zero-order chi connectivity index (χ0) is 27.3. The van der Waals surface area contributed by atoms with E-state index in [2.05, 4.69) is 0 Å². The maximum absolute atomic E-state index is 13.4. The minimum absolute atomic E-state index is 0.0508. The van der Waals surface area contributed by atoms with E-state index in [-0.39, 0.29) is 62.8 Å². The molecule has 5 N–H and O–H groups in total. The van der Waals surface area contributed by atoms with Crippen molar-refractivity contribution in [3.8, 4) is 0 Å². The van der Waals surface area contributed by atoms with Gasteiger partial charge in [-0.1, -0.05) is 20.8 Å². The van der Waals surface area contributed by atoms with Gasteiger partial charge < -0.3 is 30.3 Å². The van der Waals surface area contributed by atoms with Crippen LogP contribution in [0.4, 0.5) is 0 Å². The number of carbonyl (C=O) groups excluding carboxylic acids is 3. The molecular weight excluding hydrogens is 480 g/mol. The first-order chi connectivity index (χ1) is 17.1. The van der Waals surface area contributed by atoms with Crippen LogP contribution in [0.1, 0.15) is 66.2 Å². The summed E-state index contributed by atoms with van der Waals surface area (Å²) in [5, 5.41) is 56.3. The maximum atomic E-state index is 13.4. The third-order valence-corrected chi connectivity index (χ3v) is 11.4. The Kier molecular flexibility index (Phi) is 6.13. The molecule has 1 aliphatic heterocycles. The van der Waals surface area contributed by atoms with Gasteiger partial charge in [-0.2, -0.15) is 0 Å².